The second-order valence-electron chi connectivity index (χ2n) is 6.59. The second-order valence-corrected chi connectivity index (χ2v) is 7.00. The van der Waals surface area contributed by atoms with Crippen LogP contribution >= 0.6 is 11.6 Å². The molecule has 0 aromatic carbocycles. The van der Waals surface area contributed by atoms with E-state index in [2.05, 4.69) is 15.2 Å². The van der Waals surface area contributed by atoms with Gasteiger partial charge in [0, 0.05) is 37.9 Å². The number of rotatable bonds is 6. The molecule has 7 heteroatoms. The number of nitrogens with one attached hydrogen (secondary N) is 2. The molecule has 2 fully saturated rings. The van der Waals surface area contributed by atoms with Crippen molar-refractivity contribution in [1.82, 2.24) is 15.4 Å². The molecule has 0 bridgehead atoms. The second kappa shape index (κ2) is 7.96. The number of amides is 1. The third-order valence-corrected chi connectivity index (χ3v) is 5.04. The summed E-state index contributed by atoms with van der Waals surface area (Å²) in [7, 11) is 0. The van der Waals surface area contributed by atoms with Crippen LogP contribution in [0.2, 0.25) is 5.02 Å². The number of pyridine rings is 1. The summed E-state index contributed by atoms with van der Waals surface area (Å²) >= 11 is 6.29. The van der Waals surface area contributed by atoms with Gasteiger partial charge in [-0.2, -0.15) is 0 Å². The topological polar surface area (TPSA) is 77.5 Å². The van der Waals surface area contributed by atoms with Crippen molar-refractivity contribution in [2.24, 2.45) is 5.92 Å². The van der Waals surface area contributed by atoms with Crippen molar-refractivity contribution in [3.63, 3.8) is 0 Å². The average Bonchev–Trinajstić information content (AvgIpc) is 2.98. The maximum atomic E-state index is 11.0. The van der Waals surface area contributed by atoms with Gasteiger partial charge < -0.3 is 10.2 Å². The van der Waals surface area contributed by atoms with Crippen molar-refractivity contribution in [2.75, 3.05) is 25.0 Å². The monoisotopic (exact) mass is 350 g/mol. The van der Waals surface area contributed by atoms with E-state index in [1.165, 1.54) is 37.4 Å². The predicted octanol–water partition coefficient (Wildman–Crippen LogP) is 2.54. The van der Waals surface area contributed by atoms with Crippen LogP contribution in [0.25, 0.3) is 6.08 Å². The Morgan fingerprint density at radius 1 is 1.46 bits per heavy atom. The number of nitrogens with zero attached hydrogens (tertiary/aromatic N) is 2. The fourth-order valence-corrected chi connectivity index (χ4v) is 3.44. The first-order chi connectivity index (χ1) is 11.6. The lowest BCUT2D eigenvalue weighted by molar-refractivity contribution is -0.124. The van der Waals surface area contributed by atoms with E-state index in [1.54, 1.807) is 18.3 Å². The van der Waals surface area contributed by atoms with E-state index in [-0.39, 0.29) is 0 Å². The van der Waals surface area contributed by atoms with Gasteiger partial charge in [-0.1, -0.05) is 18.0 Å². The molecule has 0 spiro atoms. The molecular formula is C17H23ClN4O2. The van der Waals surface area contributed by atoms with Gasteiger partial charge in [-0.3, -0.25) is 10.0 Å². The molecule has 1 saturated heterocycles. The number of carbonyl (C=O) groups excluding carboxylic acids is 1. The number of hydrogen-bond acceptors (Lipinski definition) is 5. The molecule has 3 rings (SSSR count). The lowest BCUT2D eigenvalue weighted by Gasteiger charge is -2.30. The number of halogens is 1. The van der Waals surface area contributed by atoms with Gasteiger partial charge in [-0.15, -0.1) is 0 Å². The first kappa shape index (κ1) is 17.2. The number of hydrogen-bond donors (Lipinski definition) is 3. The van der Waals surface area contributed by atoms with Crippen LogP contribution in [-0.2, 0) is 4.79 Å². The molecule has 0 radical (unpaired) electrons. The summed E-state index contributed by atoms with van der Waals surface area (Å²) in [5, 5.41) is 12.4. The molecule has 1 aliphatic carbocycles. The van der Waals surface area contributed by atoms with Crippen LogP contribution < -0.4 is 10.8 Å². The minimum atomic E-state index is -0.592. The normalized spacial score (nSPS) is 21.8. The Labute approximate surface area is 146 Å². The van der Waals surface area contributed by atoms with Crippen LogP contribution in [0.15, 0.2) is 18.3 Å². The highest BCUT2D eigenvalue weighted by Gasteiger charge is 2.27. The van der Waals surface area contributed by atoms with Gasteiger partial charge in [-0.25, -0.2) is 10.5 Å². The van der Waals surface area contributed by atoms with E-state index in [0.717, 1.165) is 25.4 Å². The molecule has 1 saturated carbocycles. The van der Waals surface area contributed by atoms with Gasteiger partial charge in [0.25, 0.3) is 5.91 Å². The van der Waals surface area contributed by atoms with E-state index in [1.807, 2.05) is 0 Å². The van der Waals surface area contributed by atoms with Crippen molar-refractivity contribution in [3.8, 4) is 0 Å². The van der Waals surface area contributed by atoms with Crippen molar-refractivity contribution in [3.05, 3.63) is 28.9 Å². The van der Waals surface area contributed by atoms with Crippen molar-refractivity contribution >= 4 is 29.4 Å². The smallest absolute Gasteiger partial charge is 0.267 e. The summed E-state index contributed by atoms with van der Waals surface area (Å²) < 4.78 is 0. The average molecular weight is 351 g/mol. The maximum Gasteiger partial charge on any atom is 0.267 e. The molecule has 2 aliphatic rings. The third kappa shape index (κ3) is 4.47. The summed E-state index contributed by atoms with van der Waals surface area (Å²) in [6, 6.07) is 2.12. The van der Waals surface area contributed by atoms with Gasteiger partial charge >= 0.3 is 0 Å². The quantitative estimate of drug-likeness (QED) is 0.417. The van der Waals surface area contributed by atoms with Crippen molar-refractivity contribution in [2.45, 2.75) is 31.7 Å². The van der Waals surface area contributed by atoms with E-state index < -0.39 is 5.91 Å². The molecule has 1 aromatic heterocycles. The summed E-state index contributed by atoms with van der Waals surface area (Å²) in [6.45, 7) is 3.38. The Morgan fingerprint density at radius 3 is 2.96 bits per heavy atom. The fraction of sp³-hybridized carbons (Fsp3) is 0.529. The molecule has 1 aliphatic heterocycles. The maximum absolute atomic E-state index is 11.0. The van der Waals surface area contributed by atoms with E-state index >= 15 is 0 Å². The van der Waals surface area contributed by atoms with Gasteiger partial charge in [0.2, 0.25) is 0 Å². The zero-order valence-electron chi connectivity index (χ0n) is 13.5. The molecule has 6 nitrogen and oxygen atoms in total. The van der Waals surface area contributed by atoms with Crippen LogP contribution in [0, 0.1) is 5.92 Å². The zero-order chi connectivity index (χ0) is 16.9. The van der Waals surface area contributed by atoms with Crippen LogP contribution in [0.5, 0.6) is 0 Å². The minimum Gasteiger partial charge on any atom is -0.365 e. The zero-order valence-corrected chi connectivity index (χ0v) is 14.3. The standard InChI is InChI=1S/C17H23ClN4O2/c18-15-8-13(4-5-16(23)21-24)9-19-17(15)20-14-6-7-22(11-14)10-12-2-1-3-12/h4-5,8-9,12,14,24H,1-3,6-7,10-11H2,(H,19,20)(H,21,23)/b5-4+/t14-/m1/s1. The molecular weight excluding hydrogens is 328 g/mol. The molecule has 3 N–H and O–H groups in total. The first-order valence-electron chi connectivity index (χ1n) is 8.40. The molecule has 1 aromatic rings. The molecule has 1 atom stereocenters. The number of aromatic nitrogens is 1. The van der Waals surface area contributed by atoms with Crippen LogP contribution in [-0.4, -0.2) is 46.7 Å². The number of carbonyl (C=O) groups is 1. The fourth-order valence-electron chi connectivity index (χ4n) is 3.21. The summed E-state index contributed by atoms with van der Waals surface area (Å²) in [5.41, 5.74) is 2.24. The number of anilines is 1. The van der Waals surface area contributed by atoms with Crippen LogP contribution in [0.3, 0.4) is 0 Å². The molecule has 24 heavy (non-hydrogen) atoms. The number of likely N-dealkylation sites (tertiary alicyclic amines) is 1. The highest BCUT2D eigenvalue weighted by molar-refractivity contribution is 6.33. The van der Waals surface area contributed by atoms with Gasteiger partial charge in [0.15, 0.2) is 0 Å². The molecule has 130 valence electrons. The van der Waals surface area contributed by atoms with Crippen LogP contribution in [0.1, 0.15) is 31.2 Å². The Bertz CT molecular complexity index is 619. The Morgan fingerprint density at radius 2 is 2.29 bits per heavy atom. The van der Waals surface area contributed by atoms with E-state index in [4.69, 9.17) is 16.8 Å². The summed E-state index contributed by atoms with van der Waals surface area (Å²) in [5.74, 6) is 0.981. The molecule has 0 unspecified atom stereocenters. The highest BCUT2D eigenvalue weighted by atomic mass is 35.5. The third-order valence-electron chi connectivity index (χ3n) is 4.75. The minimum absolute atomic E-state index is 0.372. The molecule has 1 amide bonds. The SMILES string of the molecule is O=C(/C=C/c1cnc(N[C@@H]2CCN(CC3CCC3)C2)c(Cl)c1)NO. The van der Waals surface area contributed by atoms with Crippen molar-refractivity contribution in [1.29, 1.82) is 0 Å². The summed E-state index contributed by atoms with van der Waals surface area (Å²) in [4.78, 5) is 17.9. The Hall–Kier alpha value is -1.63. The van der Waals surface area contributed by atoms with E-state index in [0.29, 0.717) is 22.4 Å². The highest BCUT2D eigenvalue weighted by Crippen LogP contribution is 2.29. The van der Waals surface area contributed by atoms with E-state index in [9.17, 15) is 4.79 Å². The number of hydroxylamine groups is 1. The van der Waals surface area contributed by atoms with Crippen LogP contribution in [0.4, 0.5) is 5.82 Å². The van der Waals surface area contributed by atoms with Gasteiger partial charge in [0.05, 0.1) is 5.02 Å². The van der Waals surface area contributed by atoms with Gasteiger partial charge in [0.1, 0.15) is 5.82 Å². The Balaban J connectivity index is 1.53. The summed E-state index contributed by atoms with van der Waals surface area (Å²) in [6.07, 6.45) is 9.66. The Kier molecular flexibility index (Phi) is 5.71. The first-order valence-corrected chi connectivity index (χ1v) is 8.78. The molecule has 2 heterocycles. The lowest BCUT2D eigenvalue weighted by Crippen LogP contribution is -2.33. The van der Waals surface area contributed by atoms with Gasteiger partial charge in [-0.05, 0) is 42.9 Å². The predicted molar refractivity (Wildman–Crippen MR) is 94.0 cm³/mol. The lowest BCUT2D eigenvalue weighted by atomic mass is 9.85. The largest absolute Gasteiger partial charge is 0.365 e. The van der Waals surface area contributed by atoms with Crippen molar-refractivity contribution < 1.29 is 10.0 Å².